The second-order valence-corrected chi connectivity index (χ2v) is 5.23. The van der Waals surface area contributed by atoms with Crippen LogP contribution in [0.15, 0.2) is 36.5 Å². The molecule has 0 aliphatic rings. The second-order valence-electron chi connectivity index (χ2n) is 4.44. The molecular weight excluding hydrogens is 314 g/mol. The van der Waals surface area contributed by atoms with Gasteiger partial charge in [0.2, 0.25) is 0 Å². The van der Waals surface area contributed by atoms with E-state index in [1.165, 1.54) is 24.4 Å². The highest BCUT2D eigenvalue weighted by molar-refractivity contribution is 6.35. The molecule has 0 unspecified atom stereocenters. The van der Waals surface area contributed by atoms with Crippen molar-refractivity contribution in [3.63, 3.8) is 0 Å². The van der Waals surface area contributed by atoms with Crippen LogP contribution in [0.5, 0.6) is 0 Å². The van der Waals surface area contributed by atoms with Crippen LogP contribution in [0.4, 0.5) is 4.39 Å². The molecule has 0 saturated heterocycles. The van der Waals surface area contributed by atoms with Crippen LogP contribution in [-0.2, 0) is 6.54 Å². The summed E-state index contributed by atoms with van der Waals surface area (Å²) in [5, 5.41) is 0.437. The van der Waals surface area contributed by atoms with Crippen LogP contribution in [0.1, 0.15) is 22.8 Å². The molecular formula is C15H13Cl2FN2O. The van der Waals surface area contributed by atoms with Crippen molar-refractivity contribution in [1.29, 1.82) is 0 Å². The van der Waals surface area contributed by atoms with Gasteiger partial charge in [0, 0.05) is 19.3 Å². The summed E-state index contributed by atoms with van der Waals surface area (Å²) in [7, 11) is 0. The summed E-state index contributed by atoms with van der Waals surface area (Å²) < 4.78 is 13.2. The second kappa shape index (κ2) is 6.87. The Labute approximate surface area is 132 Å². The number of halogens is 3. The highest BCUT2D eigenvalue weighted by atomic mass is 35.5. The molecule has 0 atom stereocenters. The maximum absolute atomic E-state index is 13.2. The van der Waals surface area contributed by atoms with Crippen molar-refractivity contribution in [3.8, 4) is 0 Å². The molecule has 1 aromatic heterocycles. The van der Waals surface area contributed by atoms with E-state index in [0.717, 1.165) is 0 Å². The van der Waals surface area contributed by atoms with Gasteiger partial charge >= 0.3 is 0 Å². The first kappa shape index (κ1) is 15.7. The number of hydrogen-bond acceptors (Lipinski definition) is 2. The van der Waals surface area contributed by atoms with Crippen LogP contribution >= 0.6 is 23.2 Å². The summed E-state index contributed by atoms with van der Waals surface area (Å²) in [6, 6.07) is 7.57. The predicted molar refractivity (Wildman–Crippen MR) is 81.1 cm³/mol. The predicted octanol–water partition coefficient (Wildman–Crippen LogP) is 4.19. The minimum absolute atomic E-state index is 0.199. The van der Waals surface area contributed by atoms with Gasteiger partial charge in [-0.25, -0.2) is 9.37 Å². The van der Waals surface area contributed by atoms with E-state index in [0.29, 0.717) is 18.7 Å². The molecule has 0 bridgehead atoms. The van der Waals surface area contributed by atoms with Crippen molar-refractivity contribution in [2.75, 3.05) is 6.54 Å². The molecule has 0 radical (unpaired) electrons. The highest BCUT2D eigenvalue weighted by Crippen LogP contribution is 2.21. The zero-order chi connectivity index (χ0) is 15.4. The summed E-state index contributed by atoms with van der Waals surface area (Å²) in [5.41, 5.74) is 0.997. The lowest BCUT2D eigenvalue weighted by Crippen LogP contribution is -2.30. The molecule has 110 valence electrons. The van der Waals surface area contributed by atoms with Gasteiger partial charge in [0.05, 0.1) is 10.6 Å². The molecule has 0 aliphatic carbocycles. The standard InChI is InChI=1S/C15H13Cl2FN2O/c1-2-20(9-10-4-3-5-11(18)6-10)15(21)12-7-14(17)19-8-13(12)16/h3-8H,2,9H2,1H3. The molecule has 0 saturated carbocycles. The first-order chi connectivity index (χ1) is 10.0. The SMILES string of the molecule is CCN(Cc1cccc(F)c1)C(=O)c1cc(Cl)ncc1Cl. The number of pyridine rings is 1. The van der Waals surface area contributed by atoms with E-state index in [1.54, 1.807) is 17.0 Å². The van der Waals surface area contributed by atoms with Gasteiger partial charge in [0.1, 0.15) is 11.0 Å². The fourth-order valence-electron chi connectivity index (χ4n) is 1.93. The summed E-state index contributed by atoms with van der Waals surface area (Å²) in [6.45, 7) is 2.60. The van der Waals surface area contributed by atoms with Gasteiger partial charge in [0.25, 0.3) is 5.91 Å². The minimum Gasteiger partial charge on any atom is -0.335 e. The van der Waals surface area contributed by atoms with Gasteiger partial charge in [0.15, 0.2) is 0 Å². The Bertz CT molecular complexity index is 664. The normalized spacial score (nSPS) is 10.5. The Morgan fingerprint density at radius 2 is 2.10 bits per heavy atom. The third-order valence-corrected chi connectivity index (χ3v) is 3.49. The number of hydrogen-bond donors (Lipinski definition) is 0. The number of rotatable bonds is 4. The Balaban J connectivity index is 2.24. The molecule has 2 aromatic rings. The molecule has 0 N–H and O–H groups in total. The molecule has 0 spiro atoms. The highest BCUT2D eigenvalue weighted by Gasteiger charge is 2.18. The number of aromatic nitrogens is 1. The first-order valence-electron chi connectivity index (χ1n) is 6.36. The number of nitrogens with zero attached hydrogens (tertiary/aromatic N) is 2. The zero-order valence-corrected chi connectivity index (χ0v) is 12.8. The third kappa shape index (κ3) is 3.93. The van der Waals surface area contributed by atoms with Gasteiger partial charge in [-0.15, -0.1) is 0 Å². The smallest absolute Gasteiger partial charge is 0.255 e. The Morgan fingerprint density at radius 1 is 1.33 bits per heavy atom. The summed E-state index contributed by atoms with van der Waals surface area (Å²) in [4.78, 5) is 17.9. The average Bonchev–Trinajstić information content (AvgIpc) is 2.46. The van der Waals surface area contributed by atoms with Crippen LogP contribution in [0, 0.1) is 5.82 Å². The minimum atomic E-state index is -0.332. The van der Waals surface area contributed by atoms with Gasteiger partial charge in [-0.1, -0.05) is 35.3 Å². The average molecular weight is 327 g/mol. The van der Waals surface area contributed by atoms with E-state index in [9.17, 15) is 9.18 Å². The third-order valence-electron chi connectivity index (χ3n) is 2.98. The van der Waals surface area contributed by atoms with Crippen molar-refractivity contribution in [2.45, 2.75) is 13.5 Å². The lowest BCUT2D eigenvalue weighted by Gasteiger charge is -2.21. The van der Waals surface area contributed by atoms with Crippen LogP contribution in [-0.4, -0.2) is 22.3 Å². The van der Waals surface area contributed by atoms with Gasteiger partial charge in [-0.05, 0) is 30.7 Å². The number of benzene rings is 1. The van der Waals surface area contributed by atoms with Gasteiger partial charge < -0.3 is 4.90 Å². The van der Waals surface area contributed by atoms with Crippen LogP contribution in [0.3, 0.4) is 0 Å². The van der Waals surface area contributed by atoms with Crippen LogP contribution < -0.4 is 0 Å². The van der Waals surface area contributed by atoms with E-state index in [1.807, 2.05) is 6.92 Å². The molecule has 21 heavy (non-hydrogen) atoms. The zero-order valence-electron chi connectivity index (χ0n) is 11.3. The van der Waals surface area contributed by atoms with E-state index >= 15 is 0 Å². The molecule has 1 amide bonds. The van der Waals surface area contributed by atoms with E-state index in [4.69, 9.17) is 23.2 Å². The Kier molecular flexibility index (Phi) is 5.15. The molecule has 1 aromatic carbocycles. The maximum Gasteiger partial charge on any atom is 0.255 e. The lowest BCUT2D eigenvalue weighted by atomic mass is 10.1. The fraction of sp³-hybridized carbons (Fsp3) is 0.200. The monoisotopic (exact) mass is 326 g/mol. The van der Waals surface area contributed by atoms with Crippen molar-refractivity contribution < 1.29 is 9.18 Å². The van der Waals surface area contributed by atoms with Crippen molar-refractivity contribution in [1.82, 2.24) is 9.88 Å². The lowest BCUT2D eigenvalue weighted by molar-refractivity contribution is 0.0752. The maximum atomic E-state index is 13.2. The molecule has 2 rings (SSSR count). The van der Waals surface area contributed by atoms with Gasteiger partial charge in [-0.2, -0.15) is 0 Å². The molecule has 0 aliphatic heterocycles. The van der Waals surface area contributed by atoms with Gasteiger partial charge in [-0.3, -0.25) is 4.79 Å². The number of carbonyl (C=O) groups is 1. The summed E-state index contributed by atoms with van der Waals surface area (Å²) in [6.07, 6.45) is 1.34. The summed E-state index contributed by atoms with van der Waals surface area (Å²) >= 11 is 11.8. The van der Waals surface area contributed by atoms with Crippen LogP contribution in [0.25, 0.3) is 0 Å². The van der Waals surface area contributed by atoms with E-state index in [2.05, 4.69) is 4.98 Å². The number of carbonyl (C=O) groups excluding carboxylic acids is 1. The van der Waals surface area contributed by atoms with Crippen molar-refractivity contribution >= 4 is 29.1 Å². The Morgan fingerprint density at radius 3 is 2.76 bits per heavy atom. The van der Waals surface area contributed by atoms with E-state index in [-0.39, 0.29) is 27.5 Å². The van der Waals surface area contributed by atoms with E-state index < -0.39 is 0 Å². The molecule has 0 fully saturated rings. The fourth-order valence-corrected chi connectivity index (χ4v) is 2.27. The molecule has 1 heterocycles. The molecule has 3 nitrogen and oxygen atoms in total. The van der Waals surface area contributed by atoms with Crippen LogP contribution in [0.2, 0.25) is 10.2 Å². The largest absolute Gasteiger partial charge is 0.335 e. The first-order valence-corrected chi connectivity index (χ1v) is 7.11. The van der Waals surface area contributed by atoms with Crippen molar-refractivity contribution in [3.05, 3.63) is 63.6 Å². The molecule has 6 heteroatoms. The van der Waals surface area contributed by atoms with Crippen molar-refractivity contribution in [2.24, 2.45) is 0 Å². The Hall–Kier alpha value is -1.65. The topological polar surface area (TPSA) is 33.2 Å². The quantitative estimate of drug-likeness (QED) is 0.789. The summed E-state index contributed by atoms with van der Waals surface area (Å²) in [5.74, 6) is -0.600. The number of amides is 1.